The van der Waals surface area contributed by atoms with Crippen LogP contribution in [0.25, 0.3) is 0 Å². The van der Waals surface area contributed by atoms with Crippen LogP contribution in [0.15, 0.2) is 24.5 Å². The lowest BCUT2D eigenvalue weighted by molar-refractivity contribution is -0.174. The van der Waals surface area contributed by atoms with Crippen molar-refractivity contribution in [3.8, 4) is 0 Å². The fourth-order valence-electron chi connectivity index (χ4n) is 9.39. The Kier molecular flexibility index (Phi) is 6.56. The lowest BCUT2D eigenvalue weighted by atomic mass is 9.43. The molecule has 0 radical (unpaired) electrons. The van der Waals surface area contributed by atoms with Crippen molar-refractivity contribution in [1.82, 2.24) is 4.98 Å². The first-order valence-electron chi connectivity index (χ1n) is 13.8. The summed E-state index contributed by atoms with van der Waals surface area (Å²) in [6.45, 7) is 7.33. The number of nitrogens with zero attached hydrogens (tertiary/aromatic N) is 1. The van der Waals surface area contributed by atoms with Gasteiger partial charge in [0, 0.05) is 24.5 Å². The molecule has 4 saturated carbocycles. The molecule has 4 aliphatic carbocycles. The van der Waals surface area contributed by atoms with Crippen molar-refractivity contribution in [1.29, 1.82) is 0 Å². The number of rotatable bonds is 5. The van der Waals surface area contributed by atoms with E-state index in [1.807, 2.05) is 12.1 Å². The van der Waals surface area contributed by atoms with Crippen LogP contribution in [0, 0.1) is 46.3 Å². The lowest BCUT2D eigenvalue weighted by Crippen LogP contribution is -2.58. The smallest absolute Gasteiger partial charge is 0.224 e. The quantitative estimate of drug-likeness (QED) is 0.538. The first kappa shape index (κ1) is 24.2. The molecule has 5 heteroatoms. The number of fused-ring (bicyclic) bond motifs is 5. The van der Waals surface area contributed by atoms with Gasteiger partial charge in [-0.05, 0) is 116 Å². The van der Waals surface area contributed by atoms with Crippen molar-refractivity contribution in [2.45, 2.75) is 97.2 Å². The molecule has 1 heterocycles. The first-order chi connectivity index (χ1) is 16.2. The summed E-state index contributed by atoms with van der Waals surface area (Å²) in [4.78, 5) is 16.5. The number of hydrogen-bond donors (Lipinski definition) is 3. The number of aliphatic hydroxyl groups is 2. The number of carbonyl (C=O) groups excluding carboxylic acids is 1. The van der Waals surface area contributed by atoms with Crippen LogP contribution in [0.2, 0.25) is 0 Å². The molecule has 3 N–H and O–H groups in total. The van der Waals surface area contributed by atoms with Gasteiger partial charge in [0.1, 0.15) is 0 Å². The van der Waals surface area contributed by atoms with Gasteiger partial charge in [0.25, 0.3) is 0 Å². The van der Waals surface area contributed by atoms with Crippen molar-refractivity contribution >= 4 is 11.6 Å². The summed E-state index contributed by atoms with van der Waals surface area (Å²) < 4.78 is 0. The molecule has 4 fully saturated rings. The fourth-order valence-corrected chi connectivity index (χ4v) is 9.39. The second-order valence-corrected chi connectivity index (χ2v) is 12.8. The lowest BCUT2D eigenvalue weighted by Gasteiger charge is -2.62. The van der Waals surface area contributed by atoms with Gasteiger partial charge >= 0.3 is 0 Å². The molecule has 5 nitrogen and oxygen atoms in total. The number of hydrogen-bond acceptors (Lipinski definition) is 4. The van der Waals surface area contributed by atoms with E-state index in [0.717, 1.165) is 37.8 Å². The van der Waals surface area contributed by atoms with E-state index in [1.54, 1.807) is 12.4 Å². The number of aromatic nitrogens is 1. The molecule has 0 unspecified atom stereocenters. The SMILES string of the molecule is C[C@H](CCC(=O)Nc1ccncc1)[C@H]1CC[C@H]2[C@@H]3[C@@H](O)C[C@@H]4C[C@H](O)CC[C@]4(C)[C@H]3CC[C@]12C. The maximum atomic E-state index is 12.5. The molecule has 10 atom stereocenters. The van der Waals surface area contributed by atoms with E-state index in [4.69, 9.17) is 0 Å². The van der Waals surface area contributed by atoms with Gasteiger partial charge < -0.3 is 15.5 Å². The monoisotopic (exact) mass is 468 g/mol. The number of carbonyl (C=O) groups is 1. The van der Waals surface area contributed by atoms with Gasteiger partial charge in [-0.15, -0.1) is 0 Å². The van der Waals surface area contributed by atoms with Crippen LogP contribution in [0.4, 0.5) is 5.69 Å². The number of anilines is 1. The minimum Gasteiger partial charge on any atom is -0.393 e. The van der Waals surface area contributed by atoms with Crippen molar-refractivity contribution in [2.75, 3.05) is 5.32 Å². The van der Waals surface area contributed by atoms with Crippen LogP contribution in [0.3, 0.4) is 0 Å². The number of aliphatic hydroxyl groups excluding tert-OH is 2. The molecule has 34 heavy (non-hydrogen) atoms. The normalized spacial score (nSPS) is 44.4. The molecular weight excluding hydrogens is 424 g/mol. The predicted octanol–water partition coefficient (Wildman–Crippen LogP) is 5.43. The zero-order chi connectivity index (χ0) is 24.1. The van der Waals surface area contributed by atoms with E-state index in [1.165, 1.54) is 25.7 Å². The van der Waals surface area contributed by atoms with Crippen LogP contribution < -0.4 is 5.32 Å². The van der Waals surface area contributed by atoms with Gasteiger partial charge in [0.15, 0.2) is 0 Å². The van der Waals surface area contributed by atoms with Crippen LogP contribution in [-0.4, -0.2) is 33.3 Å². The van der Waals surface area contributed by atoms with Crippen molar-refractivity contribution in [3.63, 3.8) is 0 Å². The zero-order valence-corrected chi connectivity index (χ0v) is 21.2. The third-order valence-electron chi connectivity index (χ3n) is 11.2. The van der Waals surface area contributed by atoms with Crippen LogP contribution in [0.1, 0.15) is 85.0 Å². The summed E-state index contributed by atoms with van der Waals surface area (Å²) >= 11 is 0. The molecule has 1 aromatic heterocycles. The molecule has 0 bridgehead atoms. The minimum absolute atomic E-state index is 0.0858. The van der Waals surface area contributed by atoms with Gasteiger partial charge in [-0.1, -0.05) is 20.8 Å². The molecule has 0 spiro atoms. The summed E-state index contributed by atoms with van der Waals surface area (Å²) in [6.07, 6.45) is 13.2. The molecule has 0 saturated heterocycles. The predicted molar refractivity (Wildman–Crippen MR) is 134 cm³/mol. The standard InChI is InChI=1S/C29H44N2O3/c1-18(4-7-26(34)31-20-10-14-30-15-11-20)22-5-6-23-27-24(9-13-29(22,23)3)28(2)12-8-21(32)16-19(28)17-25(27)33/h10-11,14-15,18-19,21-25,27,32-33H,4-9,12-13,16-17H2,1-3H3,(H,30,31,34)/t18-,19+,21-,22-,23+,24+,25+,27+,28+,29-/m1/s1. The largest absolute Gasteiger partial charge is 0.393 e. The van der Waals surface area contributed by atoms with Gasteiger partial charge in [0.2, 0.25) is 5.91 Å². The molecule has 1 aromatic rings. The van der Waals surface area contributed by atoms with Crippen LogP contribution in [0.5, 0.6) is 0 Å². The second-order valence-electron chi connectivity index (χ2n) is 12.8. The Labute approximate surface area is 205 Å². The highest BCUT2D eigenvalue weighted by Gasteiger charge is 2.62. The third kappa shape index (κ3) is 4.11. The highest BCUT2D eigenvalue weighted by atomic mass is 16.3. The average Bonchev–Trinajstić information content (AvgIpc) is 3.16. The van der Waals surface area contributed by atoms with Crippen LogP contribution in [-0.2, 0) is 4.79 Å². The average molecular weight is 469 g/mol. The molecule has 0 aliphatic heterocycles. The van der Waals surface area contributed by atoms with Crippen LogP contribution >= 0.6 is 0 Å². The Balaban J connectivity index is 1.25. The third-order valence-corrected chi connectivity index (χ3v) is 11.2. The van der Waals surface area contributed by atoms with E-state index in [9.17, 15) is 15.0 Å². The number of pyridine rings is 1. The van der Waals surface area contributed by atoms with Gasteiger partial charge in [-0.2, -0.15) is 0 Å². The minimum atomic E-state index is -0.224. The Morgan fingerprint density at radius 3 is 2.53 bits per heavy atom. The molecule has 0 aromatic carbocycles. The first-order valence-corrected chi connectivity index (χ1v) is 13.8. The summed E-state index contributed by atoms with van der Waals surface area (Å²) in [7, 11) is 0. The summed E-state index contributed by atoms with van der Waals surface area (Å²) in [5.41, 5.74) is 1.35. The highest BCUT2D eigenvalue weighted by molar-refractivity contribution is 5.90. The summed E-state index contributed by atoms with van der Waals surface area (Å²) in [5.74, 6) is 3.26. The maximum absolute atomic E-state index is 12.5. The molecular formula is C29H44N2O3. The zero-order valence-electron chi connectivity index (χ0n) is 21.2. The Morgan fingerprint density at radius 2 is 1.76 bits per heavy atom. The fraction of sp³-hybridized carbons (Fsp3) is 0.793. The molecule has 4 aliphatic rings. The van der Waals surface area contributed by atoms with Crippen molar-refractivity contribution < 1.29 is 15.0 Å². The van der Waals surface area contributed by atoms with Gasteiger partial charge in [-0.3, -0.25) is 9.78 Å². The van der Waals surface area contributed by atoms with E-state index >= 15 is 0 Å². The Hall–Kier alpha value is -1.46. The van der Waals surface area contributed by atoms with Gasteiger partial charge in [-0.25, -0.2) is 0 Å². The maximum Gasteiger partial charge on any atom is 0.224 e. The Morgan fingerprint density at radius 1 is 1.06 bits per heavy atom. The summed E-state index contributed by atoms with van der Waals surface area (Å²) in [5, 5.41) is 24.7. The van der Waals surface area contributed by atoms with Crippen molar-refractivity contribution in [2.24, 2.45) is 46.3 Å². The van der Waals surface area contributed by atoms with E-state index in [0.29, 0.717) is 41.9 Å². The highest BCUT2D eigenvalue weighted by Crippen LogP contribution is 2.68. The molecule has 188 valence electrons. The topological polar surface area (TPSA) is 82.5 Å². The van der Waals surface area contributed by atoms with Gasteiger partial charge in [0.05, 0.1) is 12.2 Å². The second kappa shape index (κ2) is 9.20. The van der Waals surface area contributed by atoms with Crippen molar-refractivity contribution in [3.05, 3.63) is 24.5 Å². The number of nitrogens with one attached hydrogen (secondary N) is 1. The molecule has 1 amide bonds. The molecule has 5 rings (SSSR count). The Bertz CT molecular complexity index is 877. The summed E-state index contributed by atoms with van der Waals surface area (Å²) in [6, 6.07) is 3.66. The van der Waals surface area contributed by atoms with E-state index < -0.39 is 0 Å². The van der Waals surface area contributed by atoms with E-state index in [-0.39, 0.29) is 28.9 Å². The number of amides is 1. The van der Waals surface area contributed by atoms with E-state index in [2.05, 4.69) is 31.1 Å².